The number of carbonyl (C=O) groups excluding carboxylic acids is 1. The van der Waals surface area contributed by atoms with Crippen LogP contribution < -0.4 is 15.4 Å². The van der Waals surface area contributed by atoms with Crippen LogP contribution in [0.1, 0.15) is 29.0 Å². The normalized spacial score (nSPS) is 18.5. The summed E-state index contributed by atoms with van der Waals surface area (Å²) in [6.45, 7) is 1.52. The summed E-state index contributed by atoms with van der Waals surface area (Å²) in [5, 5.41) is 6.33. The lowest BCUT2D eigenvalue weighted by atomic mass is 9.90. The fourth-order valence-electron chi connectivity index (χ4n) is 4.47. The first-order valence-electron chi connectivity index (χ1n) is 11.6. The minimum absolute atomic E-state index is 0.0445. The van der Waals surface area contributed by atoms with Crippen LogP contribution in [0.4, 0.5) is 0 Å². The van der Waals surface area contributed by atoms with E-state index < -0.39 is 10.0 Å². The van der Waals surface area contributed by atoms with Crippen LogP contribution in [-0.4, -0.2) is 40.0 Å². The Labute approximate surface area is 201 Å². The van der Waals surface area contributed by atoms with Crippen LogP contribution in [-0.2, 0) is 20.6 Å². The van der Waals surface area contributed by atoms with Gasteiger partial charge in [-0.15, -0.1) is 0 Å². The van der Waals surface area contributed by atoms with Crippen molar-refractivity contribution in [1.82, 2.24) is 15.4 Å². The molecule has 0 bridgehead atoms. The van der Waals surface area contributed by atoms with Crippen molar-refractivity contribution in [3.8, 4) is 0 Å². The van der Waals surface area contributed by atoms with Crippen molar-refractivity contribution >= 4 is 15.9 Å². The van der Waals surface area contributed by atoms with Gasteiger partial charge in [-0.1, -0.05) is 91.0 Å². The number of hydrogen-bond donors (Lipinski definition) is 3. The second kappa shape index (κ2) is 11.4. The van der Waals surface area contributed by atoms with Gasteiger partial charge in [0.25, 0.3) is 0 Å². The minimum atomic E-state index is -3.50. The Balaban J connectivity index is 1.36. The van der Waals surface area contributed by atoms with Crippen LogP contribution in [0.15, 0.2) is 91.0 Å². The van der Waals surface area contributed by atoms with Crippen LogP contribution in [0.2, 0.25) is 0 Å². The van der Waals surface area contributed by atoms with Gasteiger partial charge in [0, 0.05) is 31.6 Å². The molecule has 0 radical (unpaired) electrons. The number of hydrogen-bond acceptors (Lipinski definition) is 4. The molecule has 2 unspecified atom stereocenters. The lowest BCUT2D eigenvalue weighted by molar-refractivity contribution is -0.125. The standard InChI is InChI=1S/C27H31N3O3S/c31-27(29-19-26(22-12-6-2-7-13-22)23-14-8-3-9-15-23)24-16-25(18-28-17-24)30-34(32,33)20-21-10-4-1-5-11-21/h1-15,24-26,28,30H,16-20H2,(H,29,31). The van der Waals surface area contributed by atoms with Crippen LogP contribution >= 0.6 is 0 Å². The van der Waals surface area contributed by atoms with E-state index >= 15 is 0 Å². The maximum absolute atomic E-state index is 13.0. The summed E-state index contributed by atoms with van der Waals surface area (Å²) in [5.41, 5.74) is 3.02. The van der Waals surface area contributed by atoms with Crippen molar-refractivity contribution in [3.63, 3.8) is 0 Å². The van der Waals surface area contributed by atoms with Gasteiger partial charge in [0.2, 0.25) is 15.9 Å². The average molecular weight is 478 g/mol. The van der Waals surface area contributed by atoms with E-state index in [1.54, 1.807) is 12.1 Å². The summed E-state index contributed by atoms with van der Waals surface area (Å²) in [7, 11) is -3.50. The Bertz CT molecular complexity index is 1120. The van der Waals surface area contributed by atoms with Crippen molar-refractivity contribution in [2.24, 2.45) is 5.92 Å². The van der Waals surface area contributed by atoms with Crippen LogP contribution in [0.5, 0.6) is 0 Å². The summed E-state index contributed by atoms with van der Waals surface area (Å²) < 4.78 is 28.0. The highest BCUT2D eigenvalue weighted by atomic mass is 32.2. The van der Waals surface area contributed by atoms with E-state index in [2.05, 4.69) is 39.6 Å². The first-order chi connectivity index (χ1) is 16.5. The van der Waals surface area contributed by atoms with Gasteiger partial charge in [0.1, 0.15) is 0 Å². The third-order valence-corrected chi connectivity index (χ3v) is 7.56. The van der Waals surface area contributed by atoms with E-state index in [9.17, 15) is 13.2 Å². The van der Waals surface area contributed by atoms with Gasteiger partial charge in [-0.3, -0.25) is 4.79 Å². The topological polar surface area (TPSA) is 87.3 Å². The van der Waals surface area contributed by atoms with E-state index in [4.69, 9.17) is 0 Å². The van der Waals surface area contributed by atoms with Gasteiger partial charge in [-0.2, -0.15) is 0 Å². The van der Waals surface area contributed by atoms with Crippen LogP contribution in [0.25, 0.3) is 0 Å². The number of rotatable bonds is 9. The molecule has 7 heteroatoms. The molecule has 2 atom stereocenters. The van der Waals surface area contributed by atoms with Crippen molar-refractivity contribution < 1.29 is 13.2 Å². The maximum atomic E-state index is 13.0. The van der Waals surface area contributed by atoms with Gasteiger partial charge < -0.3 is 10.6 Å². The number of amides is 1. The Morgan fingerprint density at radius 2 is 1.41 bits per heavy atom. The Hall–Kier alpha value is -3.00. The summed E-state index contributed by atoms with van der Waals surface area (Å²) in [6.07, 6.45) is 0.466. The molecule has 0 aliphatic carbocycles. The predicted molar refractivity (Wildman–Crippen MR) is 135 cm³/mol. The lowest BCUT2D eigenvalue weighted by Gasteiger charge is -2.30. The Morgan fingerprint density at radius 3 is 2.00 bits per heavy atom. The monoisotopic (exact) mass is 477 g/mol. The van der Waals surface area contributed by atoms with E-state index in [-0.39, 0.29) is 29.5 Å². The molecule has 1 amide bonds. The molecule has 3 N–H and O–H groups in total. The zero-order chi connectivity index (χ0) is 23.8. The van der Waals surface area contributed by atoms with Gasteiger partial charge in [0.15, 0.2) is 0 Å². The highest BCUT2D eigenvalue weighted by molar-refractivity contribution is 7.88. The number of sulfonamides is 1. The smallest absolute Gasteiger partial charge is 0.224 e. The molecule has 0 spiro atoms. The van der Waals surface area contributed by atoms with Crippen molar-refractivity contribution in [2.45, 2.75) is 24.1 Å². The second-order valence-electron chi connectivity index (χ2n) is 8.77. The molecule has 178 valence electrons. The molecule has 34 heavy (non-hydrogen) atoms. The van der Waals surface area contributed by atoms with Gasteiger partial charge in [-0.05, 0) is 23.1 Å². The van der Waals surface area contributed by atoms with Crippen molar-refractivity contribution in [1.29, 1.82) is 0 Å². The van der Waals surface area contributed by atoms with E-state index in [0.29, 0.717) is 26.1 Å². The fraction of sp³-hybridized carbons (Fsp3) is 0.296. The van der Waals surface area contributed by atoms with Gasteiger partial charge in [-0.25, -0.2) is 13.1 Å². The molecule has 3 aromatic rings. The number of benzene rings is 3. The maximum Gasteiger partial charge on any atom is 0.224 e. The highest BCUT2D eigenvalue weighted by Gasteiger charge is 2.30. The zero-order valence-electron chi connectivity index (χ0n) is 19.1. The zero-order valence-corrected chi connectivity index (χ0v) is 19.9. The predicted octanol–water partition coefficient (Wildman–Crippen LogP) is 3.03. The van der Waals surface area contributed by atoms with Crippen LogP contribution in [0, 0.1) is 5.92 Å². The molecule has 0 aromatic heterocycles. The highest BCUT2D eigenvalue weighted by Crippen LogP contribution is 2.24. The number of nitrogens with one attached hydrogen (secondary N) is 3. The first-order valence-corrected chi connectivity index (χ1v) is 13.3. The number of carbonyl (C=O) groups is 1. The van der Waals surface area contributed by atoms with E-state index in [0.717, 1.165) is 16.7 Å². The number of piperidine rings is 1. The Morgan fingerprint density at radius 1 is 0.853 bits per heavy atom. The van der Waals surface area contributed by atoms with E-state index in [1.165, 1.54) is 0 Å². The summed E-state index contributed by atoms with van der Waals surface area (Å²) in [6, 6.07) is 29.1. The molecule has 1 saturated heterocycles. The third-order valence-electron chi connectivity index (χ3n) is 6.15. The molecule has 0 saturated carbocycles. The largest absolute Gasteiger partial charge is 0.355 e. The average Bonchev–Trinajstić information content (AvgIpc) is 2.85. The molecular weight excluding hydrogens is 446 g/mol. The van der Waals surface area contributed by atoms with Crippen molar-refractivity contribution in [3.05, 3.63) is 108 Å². The summed E-state index contributed by atoms with van der Waals surface area (Å²) in [5.74, 6) is -0.387. The first kappa shape index (κ1) is 24.1. The molecule has 1 aliphatic heterocycles. The fourth-order valence-corrected chi connectivity index (χ4v) is 5.87. The second-order valence-corrected chi connectivity index (χ2v) is 10.5. The van der Waals surface area contributed by atoms with Gasteiger partial charge >= 0.3 is 0 Å². The third kappa shape index (κ3) is 6.76. The quantitative estimate of drug-likeness (QED) is 0.442. The van der Waals surface area contributed by atoms with Crippen LogP contribution in [0.3, 0.4) is 0 Å². The van der Waals surface area contributed by atoms with Gasteiger partial charge in [0.05, 0.1) is 11.7 Å². The summed E-state index contributed by atoms with van der Waals surface area (Å²) >= 11 is 0. The van der Waals surface area contributed by atoms with E-state index in [1.807, 2.05) is 54.6 Å². The molecule has 1 heterocycles. The molecular formula is C27H31N3O3S. The molecule has 1 fully saturated rings. The molecule has 6 nitrogen and oxygen atoms in total. The molecule has 1 aliphatic rings. The summed E-state index contributed by atoms with van der Waals surface area (Å²) in [4.78, 5) is 13.0. The SMILES string of the molecule is O=C(NCC(c1ccccc1)c1ccccc1)C1CNCC(NS(=O)(=O)Cc2ccccc2)C1. The molecule has 3 aromatic carbocycles. The molecule has 4 rings (SSSR count). The minimum Gasteiger partial charge on any atom is -0.355 e. The Kier molecular flexibility index (Phi) is 8.11. The lowest BCUT2D eigenvalue weighted by Crippen LogP contribution is -2.52. The van der Waals surface area contributed by atoms with Crippen molar-refractivity contribution in [2.75, 3.05) is 19.6 Å².